The minimum absolute atomic E-state index is 0.0951. The summed E-state index contributed by atoms with van der Waals surface area (Å²) in [6, 6.07) is 14.5. The second kappa shape index (κ2) is 6.64. The molecule has 0 aliphatic rings. The second-order valence-corrected chi connectivity index (χ2v) is 6.26. The van der Waals surface area contributed by atoms with Gasteiger partial charge >= 0.3 is 0 Å². The molecule has 0 fully saturated rings. The Morgan fingerprint density at radius 2 is 1.76 bits per heavy atom. The monoisotopic (exact) mass is 383 g/mol. The Morgan fingerprint density at radius 1 is 0.966 bits per heavy atom. The number of benzene rings is 1. The molecule has 140 valence electrons. The van der Waals surface area contributed by atoms with Crippen molar-refractivity contribution in [1.82, 2.24) is 29.5 Å². The number of aromatic nitrogens is 6. The largest absolute Gasteiger partial charge is 0.299 e. The van der Waals surface area contributed by atoms with E-state index in [1.807, 2.05) is 30.3 Å². The molecule has 0 radical (unpaired) electrons. The number of hydrogen-bond acceptors (Lipinski definition) is 6. The zero-order chi connectivity index (χ0) is 19.8. The fourth-order valence-corrected chi connectivity index (χ4v) is 3.08. The van der Waals surface area contributed by atoms with Crippen molar-refractivity contribution in [3.8, 4) is 11.1 Å². The third kappa shape index (κ3) is 2.81. The Labute approximate surface area is 163 Å². The van der Waals surface area contributed by atoms with Crippen LogP contribution in [0, 0.1) is 0 Å². The summed E-state index contributed by atoms with van der Waals surface area (Å²) >= 11 is 0. The molecule has 0 aliphatic carbocycles. The number of carbonyl (C=O) groups excluding carboxylic acids is 1. The van der Waals surface area contributed by atoms with E-state index in [0.717, 1.165) is 15.8 Å². The van der Waals surface area contributed by atoms with Crippen molar-refractivity contribution in [2.75, 3.05) is 5.43 Å². The van der Waals surface area contributed by atoms with Gasteiger partial charge in [-0.25, -0.2) is 9.19 Å². The van der Waals surface area contributed by atoms with Crippen LogP contribution in [0.2, 0.25) is 0 Å². The van der Waals surface area contributed by atoms with Gasteiger partial charge in [0.15, 0.2) is 11.2 Å². The lowest BCUT2D eigenvalue weighted by molar-refractivity contribution is 0.101. The molecular formula is C20H13N7O2. The molecule has 5 aromatic rings. The van der Waals surface area contributed by atoms with Gasteiger partial charge in [-0.1, -0.05) is 30.3 Å². The first-order chi connectivity index (χ1) is 14.2. The van der Waals surface area contributed by atoms with E-state index in [2.05, 4.69) is 25.7 Å². The van der Waals surface area contributed by atoms with Gasteiger partial charge in [-0.15, -0.1) is 10.2 Å². The normalized spacial score (nSPS) is 11.0. The number of rotatable bonds is 3. The highest BCUT2D eigenvalue weighted by atomic mass is 16.2. The topological polar surface area (TPSA) is 107 Å². The zero-order valence-corrected chi connectivity index (χ0v) is 14.9. The van der Waals surface area contributed by atoms with Crippen LogP contribution >= 0.6 is 0 Å². The van der Waals surface area contributed by atoms with Gasteiger partial charge in [0.2, 0.25) is 0 Å². The average molecular weight is 383 g/mol. The molecule has 9 nitrogen and oxygen atoms in total. The maximum absolute atomic E-state index is 12.8. The molecule has 0 unspecified atom stereocenters. The molecule has 5 rings (SSSR count). The molecule has 0 saturated carbocycles. The van der Waals surface area contributed by atoms with E-state index in [0.29, 0.717) is 16.7 Å². The minimum atomic E-state index is -0.504. The molecule has 4 aromatic heterocycles. The van der Waals surface area contributed by atoms with E-state index in [9.17, 15) is 9.59 Å². The lowest BCUT2D eigenvalue weighted by atomic mass is 10.1. The molecule has 1 N–H and O–H groups in total. The maximum atomic E-state index is 12.8. The van der Waals surface area contributed by atoms with E-state index in [1.165, 1.54) is 18.6 Å². The maximum Gasteiger partial charge on any atom is 0.299 e. The van der Waals surface area contributed by atoms with Crippen LogP contribution in [0.5, 0.6) is 0 Å². The van der Waals surface area contributed by atoms with E-state index in [4.69, 9.17) is 0 Å². The molecule has 9 heteroatoms. The van der Waals surface area contributed by atoms with E-state index in [-0.39, 0.29) is 5.52 Å². The molecular weight excluding hydrogens is 370 g/mol. The van der Waals surface area contributed by atoms with Gasteiger partial charge in [-0.2, -0.15) is 5.10 Å². The molecule has 0 atom stereocenters. The Kier molecular flexibility index (Phi) is 3.84. The highest BCUT2D eigenvalue weighted by Crippen LogP contribution is 2.23. The van der Waals surface area contributed by atoms with Crippen molar-refractivity contribution in [1.29, 1.82) is 0 Å². The number of nitrogens with zero attached hydrogens (tertiary/aromatic N) is 6. The summed E-state index contributed by atoms with van der Waals surface area (Å²) < 4.78 is 2.65. The summed E-state index contributed by atoms with van der Waals surface area (Å²) in [4.78, 5) is 29.0. The SMILES string of the molecule is O=C(Nn1ccc2c(nnc3c(-c4ccccc4)cnn32)c1=O)c1ccncc1. The number of hydrogen-bond donors (Lipinski definition) is 1. The van der Waals surface area contributed by atoms with Crippen molar-refractivity contribution in [3.63, 3.8) is 0 Å². The minimum Gasteiger partial charge on any atom is -0.267 e. The summed E-state index contributed by atoms with van der Waals surface area (Å²) in [6.45, 7) is 0. The van der Waals surface area contributed by atoms with Gasteiger partial charge < -0.3 is 0 Å². The van der Waals surface area contributed by atoms with Crippen molar-refractivity contribution >= 4 is 22.6 Å². The Balaban J connectivity index is 1.59. The Bertz CT molecular complexity index is 1410. The predicted molar refractivity (Wildman–Crippen MR) is 106 cm³/mol. The molecule has 0 aliphatic heterocycles. The summed E-state index contributed by atoms with van der Waals surface area (Å²) in [5.41, 5.74) is 5.32. The fraction of sp³-hybridized carbons (Fsp3) is 0. The number of pyridine rings is 2. The quantitative estimate of drug-likeness (QED) is 0.510. The Morgan fingerprint density at radius 3 is 2.55 bits per heavy atom. The first-order valence-corrected chi connectivity index (χ1v) is 8.75. The van der Waals surface area contributed by atoms with Crippen molar-refractivity contribution in [2.24, 2.45) is 0 Å². The smallest absolute Gasteiger partial charge is 0.267 e. The molecule has 0 spiro atoms. The average Bonchev–Trinajstić information content (AvgIpc) is 3.21. The van der Waals surface area contributed by atoms with Crippen LogP contribution in [-0.2, 0) is 0 Å². The second-order valence-electron chi connectivity index (χ2n) is 6.26. The summed E-state index contributed by atoms with van der Waals surface area (Å²) in [7, 11) is 0. The van der Waals surface area contributed by atoms with Crippen LogP contribution in [0.4, 0.5) is 0 Å². The summed E-state index contributed by atoms with van der Waals surface area (Å²) in [5, 5.41) is 12.7. The zero-order valence-electron chi connectivity index (χ0n) is 14.9. The molecule has 4 heterocycles. The number of nitrogens with one attached hydrogen (secondary N) is 1. The van der Waals surface area contributed by atoms with Crippen LogP contribution in [0.25, 0.3) is 27.8 Å². The van der Waals surface area contributed by atoms with Crippen LogP contribution < -0.4 is 11.0 Å². The summed E-state index contributed by atoms with van der Waals surface area (Å²) in [6.07, 6.45) is 6.16. The van der Waals surface area contributed by atoms with Gasteiger partial charge in [0.05, 0.1) is 6.20 Å². The molecule has 0 bridgehead atoms. The highest BCUT2D eigenvalue weighted by molar-refractivity contribution is 5.99. The van der Waals surface area contributed by atoms with Crippen LogP contribution in [0.15, 0.2) is 78.1 Å². The van der Waals surface area contributed by atoms with Crippen LogP contribution in [0.3, 0.4) is 0 Å². The lowest BCUT2D eigenvalue weighted by Crippen LogP contribution is -2.33. The molecule has 1 aromatic carbocycles. The van der Waals surface area contributed by atoms with Crippen molar-refractivity contribution in [3.05, 3.63) is 89.2 Å². The van der Waals surface area contributed by atoms with Crippen LogP contribution in [-0.4, -0.2) is 35.4 Å². The number of carbonyl (C=O) groups is 1. The first kappa shape index (κ1) is 16.8. The van der Waals surface area contributed by atoms with Gasteiger partial charge in [0, 0.05) is 29.7 Å². The molecule has 1 amide bonds. The molecule has 29 heavy (non-hydrogen) atoms. The van der Waals surface area contributed by atoms with Crippen LogP contribution in [0.1, 0.15) is 10.4 Å². The van der Waals surface area contributed by atoms with Gasteiger partial charge in [0.25, 0.3) is 11.5 Å². The van der Waals surface area contributed by atoms with Gasteiger partial charge in [0.1, 0.15) is 5.52 Å². The fourth-order valence-electron chi connectivity index (χ4n) is 3.08. The van der Waals surface area contributed by atoms with Crippen molar-refractivity contribution in [2.45, 2.75) is 0 Å². The van der Waals surface area contributed by atoms with Crippen molar-refractivity contribution < 1.29 is 4.79 Å². The Hall–Kier alpha value is -4.40. The summed E-state index contributed by atoms with van der Waals surface area (Å²) in [5.74, 6) is -0.437. The highest BCUT2D eigenvalue weighted by Gasteiger charge is 2.15. The van der Waals surface area contributed by atoms with E-state index in [1.54, 1.807) is 28.9 Å². The van der Waals surface area contributed by atoms with Gasteiger partial charge in [-0.05, 0) is 23.8 Å². The predicted octanol–water partition coefficient (Wildman–Crippen LogP) is 1.89. The van der Waals surface area contributed by atoms with E-state index >= 15 is 0 Å². The lowest BCUT2D eigenvalue weighted by Gasteiger charge is -2.09. The first-order valence-electron chi connectivity index (χ1n) is 8.75. The third-order valence-corrected chi connectivity index (χ3v) is 4.51. The number of fused-ring (bicyclic) bond motifs is 3. The molecule has 0 saturated heterocycles. The third-order valence-electron chi connectivity index (χ3n) is 4.51. The van der Waals surface area contributed by atoms with Gasteiger partial charge in [-0.3, -0.25) is 20.0 Å². The van der Waals surface area contributed by atoms with E-state index < -0.39 is 11.5 Å². The number of amides is 1. The standard InChI is InChI=1S/C20H13N7O2/c28-19(14-6-9-21-10-7-14)25-26-11-8-16-17(20(26)29)23-24-18-15(12-22-27(16)18)13-4-2-1-3-5-13/h1-12H,(H,25,28).